The Balaban J connectivity index is 2.25. The molecule has 10 heavy (non-hydrogen) atoms. The molecule has 0 radical (unpaired) electrons. The highest BCUT2D eigenvalue weighted by Crippen LogP contribution is 2.27. The van der Waals surface area contributed by atoms with Crippen molar-refractivity contribution >= 4 is 0 Å². The van der Waals surface area contributed by atoms with Gasteiger partial charge in [0.25, 0.3) is 0 Å². The maximum absolute atomic E-state index is 5.12. The summed E-state index contributed by atoms with van der Waals surface area (Å²) in [5, 5.41) is 0. The average molecular weight is 143 g/mol. The normalized spacial score (nSPS) is 34.2. The molecule has 1 fully saturated rings. The fraction of sp³-hybridized carbons (Fsp3) is 1.00. The first kappa shape index (κ1) is 8.02. The lowest BCUT2D eigenvalue weighted by Crippen LogP contribution is -2.24. The van der Waals surface area contributed by atoms with Crippen LogP contribution in [0.2, 0.25) is 0 Å². The summed E-state index contributed by atoms with van der Waals surface area (Å²) in [4.78, 5) is 4.82. The Morgan fingerprint density at radius 2 is 2.30 bits per heavy atom. The number of rotatable bonds is 2. The molecule has 1 saturated carbocycles. The van der Waals surface area contributed by atoms with E-state index in [0.29, 0.717) is 6.10 Å². The zero-order chi connectivity index (χ0) is 7.40. The number of hydrogen-bond acceptors (Lipinski definition) is 2. The molecular formula is C8H17NO. The molecule has 1 aliphatic carbocycles. The van der Waals surface area contributed by atoms with Crippen LogP contribution < -0.4 is 5.90 Å². The van der Waals surface area contributed by atoms with Crippen LogP contribution in [0.3, 0.4) is 0 Å². The number of nitrogens with two attached hydrogens (primary N) is 1. The molecule has 0 spiro atoms. The molecular weight excluding hydrogens is 126 g/mol. The zero-order valence-electron chi connectivity index (χ0n) is 6.68. The summed E-state index contributed by atoms with van der Waals surface area (Å²) < 4.78 is 0. The molecule has 0 amide bonds. The lowest BCUT2D eigenvalue weighted by Gasteiger charge is -2.26. The Hall–Kier alpha value is -0.0800. The van der Waals surface area contributed by atoms with Gasteiger partial charge >= 0.3 is 0 Å². The van der Waals surface area contributed by atoms with E-state index >= 15 is 0 Å². The summed E-state index contributed by atoms with van der Waals surface area (Å²) in [7, 11) is 0. The lowest BCUT2D eigenvalue weighted by atomic mass is 9.86. The standard InChI is InChI=1S/C8H17NO/c1-2-7-4-3-5-8(6-7)10-9/h7-8H,2-6,9H2,1H3. The third-order valence-electron chi connectivity index (χ3n) is 2.50. The Bertz CT molecular complexity index is 85.3. The fourth-order valence-corrected chi connectivity index (χ4v) is 1.74. The predicted molar refractivity (Wildman–Crippen MR) is 41.3 cm³/mol. The molecule has 0 saturated heterocycles. The van der Waals surface area contributed by atoms with Crippen LogP contribution in [-0.4, -0.2) is 6.10 Å². The topological polar surface area (TPSA) is 35.2 Å². The molecule has 1 rings (SSSR count). The van der Waals surface area contributed by atoms with Crippen LogP contribution in [0.5, 0.6) is 0 Å². The summed E-state index contributed by atoms with van der Waals surface area (Å²) in [6.07, 6.45) is 6.62. The fourth-order valence-electron chi connectivity index (χ4n) is 1.74. The van der Waals surface area contributed by atoms with E-state index < -0.39 is 0 Å². The van der Waals surface area contributed by atoms with E-state index in [1.165, 1.54) is 25.7 Å². The largest absolute Gasteiger partial charge is 0.301 e. The van der Waals surface area contributed by atoms with Crippen LogP contribution in [0, 0.1) is 5.92 Å². The minimum atomic E-state index is 0.346. The molecule has 2 N–H and O–H groups in total. The minimum absolute atomic E-state index is 0.346. The van der Waals surface area contributed by atoms with Crippen LogP contribution in [0.1, 0.15) is 39.0 Å². The lowest BCUT2D eigenvalue weighted by molar-refractivity contribution is 0.0116. The number of hydrogen-bond donors (Lipinski definition) is 1. The van der Waals surface area contributed by atoms with Gasteiger partial charge in [0, 0.05) is 0 Å². The molecule has 0 aromatic rings. The molecule has 2 heteroatoms. The molecule has 2 nitrogen and oxygen atoms in total. The van der Waals surface area contributed by atoms with Gasteiger partial charge in [0.15, 0.2) is 0 Å². The van der Waals surface area contributed by atoms with Gasteiger partial charge in [-0.2, -0.15) is 0 Å². The summed E-state index contributed by atoms with van der Waals surface area (Å²) in [5.41, 5.74) is 0. The maximum Gasteiger partial charge on any atom is 0.0790 e. The van der Waals surface area contributed by atoms with E-state index in [1.807, 2.05) is 0 Å². The van der Waals surface area contributed by atoms with E-state index in [9.17, 15) is 0 Å². The molecule has 2 atom stereocenters. The molecule has 0 heterocycles. The third-order valence-corrected chi connectivity index (χ3v) is 2.50. The van der Waals surface area contributed by atoms with Crippen molar-refractivity contribution < 1.29 is 4.84 Å². The van der Waals surface area contributed by atoms with Gasteiger partial charge in [0.2, 0.25) is 0 Å². The second kappa shape index (κ2) is 3.94. The average Bonchev–Trinajstić information content (AvgIpc) is 2.05. The molecule has 1 aliphatic rings. The predicted octanol–water partition coefficient (Wildman–Crippen LogP) is 1.85. The molecule has 0 aromatic carbocycles. The highest BCUT2D eigenvalue weighted by atomic mass is 16.6. The first-order valence-corrected chi connectivity index (χ1v) is 4.22. The maximum atomic E-state index is 5.12. The van der Waals surface area contributed by atoms with Gasteiger partial charge in [-0.15, -0.1) is 0 Å². The Morgan fingerprint density at radius 1 is 1.50 bits per heavy atom. The molecule has 0 aromatic heterocycles. The van der Waals surface area contributed by atoms with Gasteiger partial charge in [-0.05, 0) is 18.8 Å². The minimum Gasteiger partial charge on any atom is -0.301 e. The highest BCUT2D eigenvalue weighted by molar-refractivity contribution is 4.71. The third kappa shape index (κ3) is 1.96. The van der Waals surface area contributed by atoms with E-state index in [0.717, 1.165) is 12.3 Å². The van der Waals surface area contributed by atoms with Crippen molar-refractivity contribution in [2.45, 2.75) is 45.1 Å². The van der Waals surface area contributed by atoms with Crippen molar-refractivity contribution in [3.63, 3.8) is 0 Å². The van der Waals surface area contributed by atoms with Crippen molar-refractivity contribution in [2.24, 2.45) is 11.8 Å². The summed E-state index contributed by atoms with van der Waals surface area (Å²) in [6, 6.07) is 0. The Kier molecular flexibility index (Phi) is 3.16. The van der Waals surface area contributed by atoms with Crippen LogP contribution in [0.15, 0.2) is 0 Å². The van der Waals surface area contributed by atoms with Crippen molar-refractivity contribution in [1.29, 1.82) is 0 Å². The van der Waals surface area contributed by atoms with E-state index in [2.05, 4.69) is 6.92 Å². The van der Waals surface area contributed by atoms with Crippen molar-refractivity contribution in [3.8, 4) is 0 Å². The summed E-state index contributed by atoms with van der Waals surface area (Å²) in [6.45, 7) is 2.24. The smallest absolute Gasteiger partial charge is 0.0790 e. The van der Waals surface area contributed by atoms with Gasteiger partial charge in [0.1, 0.15) is 0 Å². The van der Waals surface area contributed by atoms with E-state index in [4.69, 9.17) is 10.7 Å². The van der Waals surface area contributed by atoms with Crippen LogP contribution >= 0.6 is 0 Å². The zero-order valence-corrected chi connectivity index (χ0v) is 6.68. The van der Waals surface area contributed by atoms with Gasteiger partial charge < -0.3 is 4.84 Å². The highest BCUT2D eigenvalue weighted by Gasteiger charge is 2.20. The summed E-state index contributed by atoms with van der Waals surface area (Å²) >= 11 is 0. The van der Waals surface area contributed by atoms with Crippen LogP contribution in [0.4, 0.5) is 0 Å². The Morgan fingerprint density at radius 3 is 2.90 bits per heavy atom. The second-order valence-electron chi connectivity index (χ2n) is 3.20. The first-order valence-electron chi connectivity index (χ1n) is 4.22. The molecule has 0 aliphatic heterocycles. The van der Waals surface area contributed by atoms with Crippen molar-refractivity contribution in [2.75, 3.05) is 0 Å². The van der Waals surface area contributed by atoms with Gasteiger partial charge in [-0.1, -0.05) is 26.2 Å². The SMILES string of the molecule is CCC1CCCC(ON)C1. The van der Waals surface area contributed by atoms with Crippen LogP contribution in [-0.2, 0) is 4.84 Å². The van der Waals surface area contributed by atoms with E-state index in [1.54, 1.807) is 0 Å². The van der Waals surface area contributed by atoms with Gasteiger partial charge in [-0.25, -0.2) is 5.90 Å². The second-order valence-corrected chi connectivity index (χ2v) is 3.20. The molecule has 2 unspecified atom stereocenters. The summed E-state index contributed by atoms with van der Waals surface area (Å²) in [5.74, 6) is 5.98. The van der Waals surface area contributed by atoms with Gasteiger partial charge in [0.05, 0.1) is 6.10 Å². The first-order chi connectivity index (χ1) is 4.86. The van der Waals surface area contributed by atoms with Crippen molar-refractivity contribution in [1.82, 2.24) is 0 Å². The van der Waals surface area contributed by atoms with Crippen molar-refractivity contribution in [3.05, 3.63) is 0 Å². The Labute approximate surface area is 62.7 Å². The molecule has 0 bridgehead atoms. The monoisotopic (exact) mass is 143 g/mol. The molecule has 60 valence electrons. The van der Waals surface area contributed by atoms with E-state index in [-0.39, 0.29) is 0 Å². The quantitative estimate of drug-likeness (QED) is 0.599. The van der Waals surface area contributed by atoms with Gasteiger partial charge in [-0.3, -0.25) is 0 Å². The van der Waals surface area contributed by atoms with Crippen LogP contribution in [0.25, 0.3) is 0 Å².